The van der Waals surface area contributed by atoms with E-state index in [4.69, 9.17) is 9.47 Å². The zero-order chi connectivity index (χ0) is 23.6. The van der Waals surface area contributed by atoms with Gasteiger partial charge in [0.2, 0.25) is 0 Å². The first kappa shape index (κ1) is 23.6. The number of nitriles is 2. The van der Waals surface area contributed by atoms with E-state index in [1.54, 1.807) is 48.5 Å². The lowest BCUT2D eigenvalue weighted by Gasteiger charge is -2.15. The van der Waals surface area contributed by atoms with E-state index in [9.17, 15) is 15.3 Å². The molecule has 0 heterocycles. The van der Waals surface area contributed by atoms with E-state index in [1.807, 2.05) is 31.2 Å². The quantitative estimate of drug-likeness (QED) is 0.308. The number of rotatable bonds is 8. The van der Waals surface area contributed by atoms with Crippen molar-refractivity contribution in [3.63, 3.8) is 0 Å². The molecule has 0 spiro atoms. The Hall–Kier alpha value is -4.07. The second kappa shape index (κ2) is 11.5. The summed E-state index contributed by atoms with van der Waals surface area (Å²) in [6.45, 7) is 2.42. The molecular weight excluding hydrogens is 482 g/mol. The van der Waals surface area contributed by atoms with Crippen molar-refractivity contribution >= 4 is 33.6 Å². The molecule has 0 bridgehead atoms. The summed E-state index contributed by atoms with van der Waals surface area (Å²) < 4.78 is 12.3. The number of carbonyl (C=O) groups is 1. The number of nitrogens with zero attached hydrogens (tertiary/aromatic N) is 2. The van der Waals surface area contributed by atoms with Gasteiger partial charge in [-0.2, -0.15) is 10.5 Å². The van der Waals surface area contributed by atoms with Gasteiger partial charge in [-0.25, -0.2) is 0 Å². The zero-order valence-electron chi connectivity index (χ0n) is 17.8. The Morgan fingerprint density at radius 1 is 1.06 bits per heavy atom. The maximum atomic E-state index is 12.5. The molecule has 164 valence electrons. The highest BCUT2D eigenvalue weighted by molar-refractivity contribution is 9.10. The minimum absolute atomic E-state index is 0.0511. The number of anilines is 1. The number of hydrogen-bond acceptors (Lipinski definition) is 5. The summed E-state index contributed by atoms with van der Waals surface area (Å²) in [7, 11) is 0. The maximum absolute atomic E-state index is 12.5. The van der Waals surface area contributed by atoms with Crippen LogP contribution in [-0.4, -0.2) is 12.5 Å². The number of carbonyl (C=O) groups excluding carboxylic acids is 1. The van der Waals surface area contributed by atoms with Crippen LogP contribution in [0, 0.1) is 22.7 Å². The molecule has 3 aromatic rings. The molecule has 7 heteroatoms. The summed E-state index contributed by atoms with van der Waals surface area (Å²) >= 11 is 3.50. The van der Waals surface area contributed by atoms with Crippen LogP contribution >= 0.6 is 15.9 Å². The van der Waals surface area contributed by atoms with Gasteiger partial charge in [-0.05, 0) is 64.8 Å². The van der Waals surface area contributed by atoms with Gasteiger partial charge in [-0.1, -0.05) is 36.4 Å². The predicted molar refractivity (Wildman–Crippen MR) is 129 cm³/mol. The number of benzene rings is 3. The lowest BCUT2D eigenvalue weighted by molar-refractivity contribution is -0.112. The Kier molecular flexibility index (Phi) is 8.24. The van der Waals surface area contributed by atoms with Crippen molar-refractivity contribution in [2.24, 2.45) is 0 Å². The number of halogens is 1. The van der Waals surface area contributed by atoms with Crippen LogP contribution in [0.25, 0.3) is 6.08 Å². The Morgan fingerprint density at radius 3 is 2.48 bits per heavy atom. The molecule has 0 aliphatic carbocycles. The van der Waals surface area contributed by atoms with Gasteiger partial charge in [0.25, 0.3) is 5.91 Å². The molecule has 0 unspecified atom stereocenters. The van der Waals surface area contributed by atoms with Crippen molar-refractivity contribution in [2.45, 2.75) is 13.5 Å². The van der Waals surface area contributed by atoms with Crippen molar-refractivity contribution in [2.75, 3.05) is 11.9 Å². The summed E-state index contributed by atoms with van der Waals surface area (Å²) in [6, 6.07) is 23.7. The largest absolute Gasteiger partial charge is 0.490 e. The first-order valence-electron chi connectivity index (χ1n) is 10.1. The lowest BCUT2D eigenvalue weighted by Crippen LogP contribution is -2.13. The van der Waals surface area contributed by atoms with E-state index in [-0.39, 0.29) is 12.2 Å². The molecule has 0 aliphatic rings. The van der Waals surface area contributed by atoms with Crippen molar-refractivity contribution in [1.29, 1.82) is 10.5 Å². The van der Waals surface area contributed by atoms with E-state index in [0.717, 1.165) is 5.56 Å². The number of hydrogen-bond donors (Lipinski definition) is 1. The maximum Gasteiger partial charge on any atom is 0.266 e. The van der Waals surface area contributed by atoms with Gasteiger partial charge in [0, 0.05) is 11.3 Å². The fourth-order valence-corrected chi connectivity index (χ4v) is 3.59. The third kappa shape index (κ3) is 6.22. The third-order valence-corrected chi connectivity index (χ3v) is 5.14. The van der Waals surface area contributed by atoms with Crippen LogP contribution in [0.4, 0.5) is 5.69 Å². The van der Waals surface area contributed by atoms with Gasteiger partial charge in [0.05, 0.1) is 22.7 Å². The van der Waals surface area contributed by atoms with Crippen LogP contribution in [0.2, 0.25) is 0 Å². The molecule has 0 saturated carbocycles. The fourth-order valence-electron chi connectivity index (χ4n) is 3.01. The Labute approximate surface area is 200 Å². The van der Waals surface area contributed by atoms with Crippen molar-refractivity contribution < 1.29 is 14.3 Å². The molecule has 1 amide bonds. The van der Waals surface area contributed by atoms with Crippen LogP contribution in [0.15, 0.2) is 76.8 Å². The minimum atomic E-state index is -0.508. The Bertz CT molecular complexity index is 1260. The molecule has 33 heavy (non-hydrogen) atoms. The van der Waals surface area contributed by atoms with Crippen LogP contribution in [-0.2, 0) is 11.4 Å². The van der Waals surface area contributed by atoms with E-state index >= 15 is 0 Å². The number of nitrogens with one attached hydrogen (secondary N) is 1. The third-order valence-electron chi connectivity index (χ3n) is 4.55. The number of amides is 1. The highest BCUT2D eigenvalue weighted by Crippen LogP contribution is 2.38. The molecule has 0 radical (unpaired) electrons. The minimum Gasteiger partial charge on any atom is -0.490 e. The van der Waals surface area contributed by atoms with Gasteiger partial charge in [0.1, 0.15) is 18.2 Å². The molecule has 3 rings (SSSR count). The van der Waals surface area contributed by atoms with Crippen LogP contribution in [0.1, 0.15) is 23.6 Å². The van der Waals surface area contributed by atoms with E-state index in [2.05, 4.69) is 27.3 Å². The van der Waals surface area contributed by atoms with Gasteiger partial charge in [0.15, 0.2) is 11.5 Å². The summed E-state index contributed by atoms with van der Waals surface area (Å²) in [6.07, 6.45) is 1.49. The number of para-hydroxylation sites is 1. The first-order valence-corrected chi connectivity index (χ1v) is 10.9. The second-order valence-electron chi connectivity index (χ2n) is 6.81. The van der Waals surface area contributed by atoms with Gasteiger partial charge >= 0.3 is 0 Å². The summed E-state index contributed by atoms with van der Waals surface area (Å²) in [4.78, 5) is 12.5. The van der Waals surface area contributed by atoms with Crippen molar-refractivity contribution in [3.8, 4) is 23.6 Å². The van der Waals surface area contributed by atoms with Gasteiger partial charge in [-0.15, -0.1) is 0 Å². The Morgan fingerprint density at radius 2 is 1.79 bits per heavy atom. The molecule has 0 atom stereocenters. The molecule has 0 saturated heterocycles. The molecule has 0 fully saturated rings. The van der Waals surface area contributed by atoms with E-state index in [0.29, 0.717) is 39.4 Å². The Balaban J connectivity index is 1.87. The normalized spacial score (nSPS) is 10.6. The average molecular weight is 502 g/mol. The van der Waals surface area contributed by atoms with Crippen molar-refractivity contribution in [1.82, 2.24) is 0 Å². The fraction of sp³-hybridized carbons (Fsp3) is 0.115. The first-order chi connectivity index (χ1) is 16.0. The monoisotopic (exact) mass is 501 g/mol. The topological polar surface area (TPSA) is 95.1 Å². The summed E-state index contributed by atoms with van der Waals surface area (Å²) in [5.41, 5.74) is 2.43. The van der Waals surface area contributed by atoms with Gasteiger partial charge < -0.3 is 14.8 Å². The highest BCUT2D eigenvalue weighted by atomic mass is 79.9. The summed E-state index contributed by atoms with van der Waals surface area (Å²) in [5, 5.41) is 21.5. The molecule has 0 aromatic heterocycles. The molecular formula is C26H20BrN3O3. The standard InChI is InChI=1S/C26H20BrN3O3/c1-2-32-24-14-18(12-21(16-29)26(31)30-22-10-4-3-5-11-22)13-23(27)25(24)33-17-20-9-7-6-8-19(20)15-28/h3-14H,2,17H2,1H3,(H,30,31)/b21-12+. The predicted octanol–water partition coefficient (Wildman–Crippen LogP) is 5.84. The second-order valence-corrected chi connectivity index (χ2v) is 7.66. The highest BCUT2D eigenvalue weighted by Gasteiger charge is 2.15. The van der Waals surface area contributed by atoms with Gasteiger partial charge in [-0.3, -0.25) is 4.79 Å². The smallest absolute Gasteiger partial charge is 0.266 e. The molecule has 1 N–H and O–H groups in total. The van der Waals surface area contributed by atoms with E-state index in [1.165, 1.54) is 6.08 Å². The average Bonchev–Trinajstić information content (AvgIpc) is 2.83. The van der Waals surface area contributed by atoms with Crippen LogP contribution in [0.3, 0.4) is 0 Å². The van der Waals surface area contributed by atoms with Crippen molar-refractivity contribution in [3.05, 3.63) is 93.5 Å². The lowest BCUT2D eigenvalue weighted by atomic mass is 10.1. The van der Waals surface area contributed by atoms with E-state index < -0.39 is 5.91 Å². The number of ether oxygens (including phenoxy) is 2. The van der Waals surface area contributed by atoms with Crippen LogP contribution in [0.5, 0.6) is 11.5 Å². The van der Waals surface area contributed by atoms with Crippen LogP contribution < -0.4 is 14.8 Å². The molecule has 6 nitrogen and oxygen atoms in total. The zero-order valence-corrected chi connectivity index (χ0v) is 19.4. The molecule has 3 aromatic carbocycles. The summed E-state index contributed by atoms with van der Waals surface area (Å²) in [5.74, 6) is 0.411. The SMILES string of the molecule is CCOc1cc(/C=C(\C#N)C(=O)Nc2ccccc2)cc(Br)c1OCc1ccccc1C#N. The molecule has 0 aliphatic heterocycles.